The highest BCUT2D eigenvalue weighted by atomic mass is 16.5. The highest BCUT2D eigenvalue weighted by Gasteiger charge is 2.18. The standard InChI is InChI=1S/C16H23N3O2/c1-11(2)21-14-5-3-4-13-15(14)18-16(17)19(13)8-6-12-7-9-20-10-12/h3-5,11-12H,6-10H2,1-2H3,(H2,17,18). The molecule has 1 aliphatic heterocycles. The maximum atomic E-state index is 6.10. The Hall–Kier alpha value is -1.75. The number of nitrogens with zero attached hydrogens (tertiary/aromatic N) is 2. The summed E-state index contributed by atoms with van der Waals surface area (Å²) in [6.07, 6.45) is 2.34. The van der Waals surface area contributed by atoms with Gasteiger partial charge < -0.3 is 19.8 Å². The fourth-order valence-corrected chi connectivity index (χ4v) is 2.85. The third-order valence-corrected chi connectivity index (χ3v) is 3.92. The van der Waals surface area contributed by atoms with Gasteiger partial charge in [0.05, 0.1) is 11.6 Å². The largest absolute Gasteiger partial charge is 0.489 e. The maximum Gasteiger partial charge on any atom is 0.201 e. The number of nitrogen functional groups attached to an aromatic ring is 1. The van der Waals surface area contributed by atoms with Crippen molar-refractivity contribution in [2.45, 2.75) is 39.3 Å². The monoisotopic (exact) mass is 289 g/mol. The summed E-state index contributed by atoms with van der Waals surface area (Å²) in [4.78, 5) is 4.50. The molecule has 0 aliphatic carbocycles. The molecule has 3 rings (SSSR count). The number of aromatic nitrogens is 2. The van der Waals surface area contributed by atoms with Gasteiger partial charge >= 0.3 is 0 Å². The van der Waals surface area contributed by atoms with Crippen LogP contribution >= 0.6 is 0 Å². The molecule has 1 aliphatic rings. The number of ether oxygens (including phenoxy) is 2. The van der Waals surface area contributed by atoms with Crippen LogP contribution in [0.15, 0.2) is 18.2 Å². The smallest absolute Gasteiger partial charge is 0.201 e. The summed E-state index contributed by atoms with van der Waals surface area (Å²) in [7, 11) is 0. The van der Waals surface area contributed by atoms with E-state index < -0.39 is 0 Å². The van der Waals surface area contributed by atoms with Crippen LogP contribution in [0.1, 0.15) is 26.7 Å². The zero-order chi connectivity index (χ0) is 14.8. The Balaban J connectivity index is 1.86. The number of anilines is 1. The second kappa shape index (κ2) is 5.93. The summed E-state index contributed by atoms with van der Waals surface area (Å²) in [6.45, 7) is 6.66. The summed E-state index contributed by atoms with van der Waals surface area (Å²) >= 11 is 0. The Kier molecular flexibility index (Phi) is 4.01. The van der Waals surface area contributed by atoms with Crippen molar-refractivity contribution in [3.8, 4) is 5.75 Å². The molecule has 1 aromatic carbocycles. The number of hydrogen-bond acceptors (Lipinski definition) is 4. The first kappa shape index (κ1) is 14.2. The average Bonchev–Trinajstić information content (AvgIpc) is 3.04. The van der Waals surface area contributed by atoms with Gasteiger partial charge in [-0.25, -0.2) is 4.98 Å². The van der Waals surface area contributed by atoms with Crippen molar-refractivity contribution in [1.82, 2.24) is 9.55 Å². The molecular weight excluding hydrogens is 266 g/mol. The van der Waals surface area contributed by atoms with Crippen LogP contribution < -0.4 is 10.5 Å². The van der Waals surface area contributed by atoms with Crippen LogP contribution in [0.2, 0.25) is 0 Å². The van der Waals surface area contributed by atoms with E-state index in [-0.39, 0.29) is 6.10 Å². The second-order valence-corrected chi connectivity index (χ2v) is 5.93. The zero-order valence-corrected chi connectivity index (χ0v) is 12.7. The van der Waals surface area contributed by atoms with Gasteiger partial charge in [-0.05, 0) is 44.7 Å². The minimum Gasteiger partial charge on any atom is -0.489 e. The van der Waals surface area contributed by atoms with Crippen molar-refractivity contribution in [3.63, 3.8) is 0 Å². The van der Waals surface area contributed by atoms with Crippen LogP contribution in [0, 0.1) is 5.92 Å². The topological polar surface area (TPSA) is 62.3 Å². The summed E-state index contributed by atoms with van der Waals surface area (Å²) in [5.41, 5.74) is 8.00. The van der Waals surface area contributed by atoms with Crippen LogP contribution in [-0.2, 0) is 11.3 Å². The van der Waals surface area contributed by atoms with E-state index in [0.717, 1.165) is 49.4 Å². The first-order chi connectivity index (χ1) is 10.1. The predicted molar refractivity (Wildman–Crippen MR) is 83.5 cm³/mol. The first-order valence-electron chi connectivity index (χ1n) is 7.64. The average molecular weight is 289 g/mol. The number of imidazole rings is 1. The lowest BCUT2D eigenvalue weighted by Gasteiger charge is -2.11. The van der Waals surface area contributed by atoms with Crippen molar-refractivity contribution in [2.24, 2.45) is 5.92 Å². The summed E-state index contributed by atoms with van der Waals surface area (Å²) in [5.74, 6) is 2.00. The number of aryl methyl sites for hydroxylation is 1. The quantitative estimate of drug-likeness (QED) is 0.919. The third kappa shape index (κ3) is 2.97. The van der Waals surface area contributed by atoms with Gasteiger partial charge in [0.2, 0.25) is 5.95 Å². The summed E-state index contributed by atoms with van der Waals surface area (Å²) < 4.78 is 13.3. The van der Waals surface area contributed by atoms with E-state index in [2.05, 4.69) is 15.6 Å². The molecule has 2 N–H and O–H groups in total. The van der Waals surface area contributed by atoms with Crippen molar-refractivity contribution in [1.29, 1.82) is 0 Å². The number of nitrogens with two attached hydrogens (primary N) is 1. The Morgan fingerprint density at radius 1 is 1.48 bits per heavy atom. The number of para-hydroxylation sites is 1. The Labute approximate surface area is 125 Å². The van der Waals surface area contributed by atoms with E-state index in [1.54, 1.807) is 0 Å². The van der Waals surface area contributed by atoms with E-state index >= 15 is 0 Å². The van der Waals surface area contributed by atoms with Crippen LogP contribution in [0.3, 0.4) is 0 Å². The minimum atomic E-state index is 0.123. The molecule has 0 bridgehead atoms. The fourth-order valence-electron chi connectivity index (χ4n) is 2.85. The Morgan fingerprint density at radius 3 is 3.05 bits per heavy atom. The molecule has 0 spiro atoms. The highest BCUT2D eigenvalue weighted by Crippen LogP contribution is 2.29. The number of rotatable bonds is 5. The molecule has 21 heavy (non-hydrogen) atoms. The van der Waals surface area contributed by atoms with Crippen LogP contribution in [0.5, 0.6) is 5.75 Å². The Morgan fingerprint density at radius 2 is 2.33 bits per heavy atom. The van der Waals surface area contributed by atoms with Gasteiger partial charge in [-0.1, -0.05) is 6.07 Å². The van der Waals surface area contributed by atoms with Crippen molar-refractivity contribution >= 4 is 17.0 Å². The van der Waals surface area contributed by atoms with Gasteiger partial charge in [-0.15, -0.1) is 0 Å². The molecule has 1 unspecified atom stereocenters. The molecule has 1 saturated heterocycles. The Bertz CT molecular complexity index is 615. The normalized spacial score (nSPS) is 18.7. The lowest BCUT2D eigenvalue weighted by molar-refractivity contribution is 0.183. The van der Waals surface area contributed by atoms with E-state index in [1.807, 2.05) is 26.0 Å². The van der Waals surface area contributed by atoms with Crippen LogP contribution in [0.25, 0.3) is 11.0 Å². The molecule has 0 saturated carbocycles. The maximum absolute atomic E-state index is 6.10. The van der Waals surface area contributed by atoms with E-state index in [1.165, 1.54) is 0 Å². The summed E-state index contributed by atoms with van der Waals surface area (Å²) in [5, 5.41) is 0. The van der Waals surface area contributed by atoms with Gasteiger partial charge in [0.15, 0.2) is 0 Å². The van der Waals surface area contributed by atoms with Crippen molar-refractivity contribution in [2.75, 3.05) is 18.9 Å². The molecule has 2 aromatic rings. The van der Waals surface area contributed by atoms with Crippen LogP contribution in [-0.4, -0.2) is 28.9 Å². The minimum absolute atomic E-state index is 0.123. The molecule has 0 amide bonds. The molecule has 1 atom stereocenters. The van der Waals surface area contributed by atoms with E-state index in [4.69, 9.17) is 15.2 Å². The number of fused-ring (bicyclic) bond motifs is 1. The number of hydrogen-bond donors (Lipinski definition) is 1. The zero-order valence-electron chi connectivity index (χ0n) is 12.7. The lowest BCUT2D eigenvalue weighted by Crippen LogP contribution is -2.08. The molecule has 5 heteroatoms. The highest BCUT2D eigenvalue weighted by molar-refractivity contribution is 5.84. The first-order valence-corrected chi connectivity index (χ1v) is 7.64. The number of benzene rings is 1. The van der Waals surface area contributed by atoms with Crippen LogP contribution in [0.4, 0.5) is 5.95 Å². The van der Waals surface area contributed by atoms with E-state index in [9.17, 15) is 0 Å². The molecule has 2 heterocycles. The van der Waals surface area contributed by atoms with E-state index in [0.29, 0.717) is 11.9 Å². The SMILES string of the molecule is CC(C)Oc1cccc2c1nc(N)n2CCC1CCOC1. The summed E-state index contributed by atoms with van der Waals surface area (Å²) in [6, 6.07) is 6.00. The fraction of sp³-hybridized carbons (Fsp3) is 0.562. The molecule has 5 nitrogen and oxygen atoms in total. The van der Waals surface area contributed by atoms with Gasteiger partial charge in [-0.2, -0.15) is 0 Å². The molecule has 1 fully saturated rings. The molecule has 0 radical (unpaired) electrons. The van der Waals surface area contributed by atoms with Gasteiger partial charge in [0.1, 0.15) is 11.3 Å². The lowest BCUT2D eigenvalue weighted by atomic mass is 10.1. The third-order valence-electron chi connectivity index (χ3n) is 3.92. The van der Waals surface area contributed by atoms with Gasteiger partial charge in [0.25, 0.3) is 0 Å². The van der Waals surface area contributed by atoms with Gasteiger partial charge in [-0.3, -0.25) is 0 Å². The predicted octanol–water partition coefficient (Wildman–Crippen LogP) is 2.83. The molecule has 114 valence electrons. The molecule has 1 aromatic heterocycles. The van der Waals surface area contributed by atoms with Crippen molar-refractivity contribution < 1.29 is 9.47 Å². The van der Waals surface area contributed by atoms with Crippen molar-refractivity contribution in [3.05, 3.63) is 18.2 Å². The van der Waals surface area contributed by atoms with Gasteiger partial charge in [0, 0.05) is 19.8 Å². The molecular formula is C16H23N3O2. The second-order valence-electron chi connectivity index (χ2n) is 5.93.